The Morgan fingerprint density at radius 1 is 1.53 bits per heavy atom. The zero-order chi connectivity index (χ0) is 14.0. The summed E-state index contributed by atoms with van der Waals surface area (Å²) in [7, 11) is 0. The number of hydrogen-bond acceptors (Lipinski definition) is 4. The first-order chi connectivity index (χ1) is 8.99. The highest BCUT2D eigenvalue weighted by Gasteiger charge is 2.18. The summed E-state index contributed by atoms with van der Waals surface area (Å²) < 4.78 is 0.643. The van der Waals surface area contributed by atoms with Crippen molar-refractivity contribution >= 4 is 39.9 Å². The minimum atomic E-state index is -0.527. The van der Waals surface area contributed by atoms with Gasteiger partial charge < -0.3 is 5.32 Å². The molecule has 0 unspecified atom stereocenters. The van der Waals surface area contributed by atoms with Crippen molar-refractivity contribution in [3.8, 4) is 0 Å². The highest BCUT2D eigenvalue weighted by atomic mass is 127. The van der Waals surface area contributed by atoms with Crippen LogP contribution in [-0.2, 0) is 0 Å². The van der Waals surface area contributed by atoms with E-state index in [-0.39, 0.29) is 17.1 Å². The van der Waals surface area contributed by atoms with Gasteiger partial charge in [-0.3, -0.25) is 20.0 Å². The fourth-order valence-electron chi connectivity index (χ4n) is 1.51. The molecule has 0 radical (unpaired) electrons. The van der Waals surface area contributed by atoms with Crippen molar-refractivity contribution in [3.63, 3.8) is 0 Å². The number of carbonyl (C=O) groups excluding carboxylic acids is 1. The summed E-state index contributed by atoms with van der Waals surface area (Å²) in [4.78, 5) is 22.4. The van der Waals surface area contributed by atoms with Crippen molar-refractivity contribution in [1.82, 2.24) is 10.2 Å². The molecule has 1 amide bonds. The number of aromatic nitrogens is 2. The largest absolute Gasteiger partial charge is 0.315 e. The van der Waals surface area contributed by atoms with Crippen LogP contribution in [0, 0.1) is 20.6 Å². The van der Waals surface area contributed by atoms with E-state index >= 15 is 0 Å². The smallest absolute Gasteiger partial charge is 0.293 e. The van der Waals surface area contributed by atoms with Gasteiger partial charge in [0.2, 0.25) is 0 Å². The molecule has 1 heterocycles. The number of nitrogens with zero attached hydrogens (tertiary/aromatic N) is 2. The molecule has 0 fully saturated rings. The third-order valence-corrected chi connectivity index (χ3v) is 3.24. The van der Waals surface area contributed by atoms with Crippen molar-refractivity contribution in [2.45, 2.75) is 6.92 Å². The van der Waals surface area contributed by atoms with E-state index in [0.717, 1.165) is 5.56 Å². The number of H-pyrrole nitrogens is 1. The number of hydrogen-bond donors (Lipinski definition) is 2. The van der Waals surface area contributed by atoms with Crippen molar-refractivity contribution in [3.05, 3.63) is 49.3 Å². The maximum absolute atomic E-state index is 11.9. The molecule has 0 saturated heterocycles. The van der Waals surface area contributed by atoms with Gasteiger partial charge in [0.25, 0.3) is 11.6 Å². The number of amides is 1. The van der Waals surface area contributed by atoms with Crippen LogP contribution in [0.1, 0.15) is 16.1 Å². The van der Waals surface area contributed by atoms with E-state index in [4.69, 9.17) is 0 Å². The van der Waals surface area contributed by atoms with Gasteiger partial charge in [-0.1, -0.05) is 6.07 Å². The van der Waals surface area contributed by atoms with E-state index in [1.54, 1.807) is 13.0 Å². The molecule has 1 aromatic carbocycles. The quantitative estimate of drug-likeness (QED) is 0.491. The van der Waals surface area contributed by atoms with Crippen LogP contribution in [0.4, 0.5) is 11.4 Å². The summed E-state index contributed by atoms with van der Waals surface area (Å²) in [6.45, 7) is 1.75. The summed E-state index contributed by atoms with van der Waals surface area (Å²) in [6.07, 6.45) is 1.50. The second-order valence-electron chi connectivity index (χ2n) is 3.82. The SMILES string of the molecule is Cc1ccc(NC(=O)c2[nH]ncc2I)c([N+](=O)[O-])c1. The number of nitro groups is 1. The van der Waals surface area contributed by atoms with Gasteiger partial charge in [-0.25, -0.2) is 0 Å². The van der Waals surface area contributed by atoms with Gasteiger partial charge in [0.15, 0.2) is 0 Å². The Bertz CT molecular complexity index is 653. The Morgan fingerprint density at radius 2 is 2.26 bits per heavy atom. The minimum Gasteiger partial charge on any atom is -0.315 e. The van der Waals surface area contributed by atoms with E-state index in [1.807, 2.05) is 22.6 Å². The molecule has 1 aromatic heterocycles. The number of rotatable bonds is 3. The summed E-state index contributed by atoms with van der Waals surface area (Å²) in [6, 6.07) is 4.61. The number of aryl methyl sites for hydroxylation is 1. The van der Waals surface area contributed by atoms with E-state index in [2.05, 4.69) is 15.5 Å². The summed E-state index contributed by atoms with van der Waals surface area (Å²) in [5.74, 6) is -0.464. The minimum absolute atomic E-state index is 0.136. The number of aromatic amines is 1. The van der Waals surface area contributed by atoms with E-state index in [9.17, 15) is 14.9 Å². The molecule has 8 heteroatoms. The Labute approximate surface area is 121 Å². The standard InChI is InChI=1S/C11H9IN4O3/c1-6-2-3-8(9(4-6)16(18)19)14-11(17)10-7(12)5-13-15-10/h2-5H,1H3,(H,13,15)(H,14,17). The zero-order valence-electron chi connectivity index (χ0n) is 9.81. The van der Waals surface area contributed by atoms with Crippen LogP contribution < -0.4 is 5.32 Å². The lowest BCUT2D eigenvalue weighted by Crippen LogP contribution is -2.14. The normalized spacial score (nSPS) is 10.2. The average molecular weight is 372 g/mol. The van der Waals surface area contributed by atoms with Crippen molar-refractivity contribution in [2.24, 2.45) is 0 Å². The molecular weight excluding hydrogens is 363 g/mol. The number of carbonyl (C=O) groups is 1. The molecule has 2 N–H and O–H groups in total. The van der Waals surface area contributed by atoms with Crippen molar-refractivity contribution in [2.75, 3.05) is 5.32 Å². The molecule has 0 spiro atoms. The van der Waals surface area contributed by atoms with Gasteiger partial charge in [0.1, 0.15) is 11.4 Å². The molecule has 0 saturated carbocycles. The summed E-state index contributed by atoms with van der Waals surface area (Å²) in [5, 5.41) is 19.7. The second-order valence-corrected chi connectivity index (χ2v) is 4.99. The molecule has 0 aliphatic carbocycles. The topological polar surface area (TPSA) is 101 Å². The summed E-state index contributed by atoms with van der Waals surface area (Å²) >= 11 is 1.95. The van der Waals surface area contributed by atoms with E-state index < -0.39 is 10.8 Å². The van der Waals surface area contributed by atoms with Gasteiger partial charge in [-0.15, -0.1) is 0 Å². The van der Waals surface area contributed by atoms with Crippen molar-refractivity contribution < 1.29 is 9.72 Å². The van der Waals surface area contributed by atoms with Gasteiger partial charge in [0.05, 0.1) is 14.7 Å². The number of halogens is 1. The van der Waals surface area contributed by atoms with Crippen molar-refractivity contribution in [1.29, 1.82) is 0 Å². The number of nitrogens with one attached hydrogen (secondary N) is 2. The van der Waals surface area contributed by atoms with Crippen LogP contribution in [0.5, 0.6) is 0 Å². The Kier molecular flexibility index (Phi) is 3.79. The molecular formula is C11H9IN4O3. The van der Waals surface area contributed by atoms with Crippen LogP contribution in [0.2, 0.25) is 0 Å². The Balaban J connectivity index is 2.32. The number of anilines is 1. The highest BCUT2D eigenvalue weighted by molar-refractivity contribution is 14.1. The first kappa shape index (κ1) is 13.5. The Morgan fingerprint density at radius 3 is 2.84 bits per heavy atom. The average Bonchev–Trinajstić information content (AvgIpc) is 2.77. The lowest BCUT2D eigenvalue weighted by molar-refractivity contribution is -0.384. The maximum Gasteiger partial charge on any atom is 0.293 e. The van der Waals surface area contributed by atoms with Gasteiger partial charge in [-0.2, -0.15) is 5.10 Å². The lowest BCUT2D eigenvalue weighted by Gasteiger charge is -2.05. The molecule has 2 rings (SSSR count). The third kappa shape index (κ3) is 2.89. The van der Waals surface area contributed by atoms with Crippen LogP contribution in [-0.4, -0.2) is 21.0 Å². The highest BCUT2D eigenvalue weighted by Crippen LogP contribution is 2.26. The lowest BCUT2D eigenvalue weighted by atomic mass is 10.2. The molecule has 7 nitrogen and oxygen atoms in total. The summed E-state index contributed by atoms with van der Waals surface area (Å²) in [5.41, 5.74) is 1.05. The van der Waals surface area contributed by atoms with E-state index in [1.165, 1.54) is 18.3 Å². The Hall–Kier alpha value is -1.97. The van der Waals surface area contributed by atoms with Gasteiger partial charge in [-0.05, 0) is 41.1 Å². The zero-order valence-corrected chi connectivity index (χ0v) is 12.0. The van der Waals surface area contributed by atoms with Crippen LogP contribution in [0.25, 0.3) is 0 Å². The predicted octanol–water partition coefficient (Wildman–Crippen LogP) is 2.48. The first-order valence-electron chi connectivity index (χ1n) is 5.24. The molecule has 2 aromatic rings. The van der Waals surface area contributed by atoms with Gasteiger partial charge in [0, 0.05) is 6.07 Å². The van der Waals surface area contributed by atoms with Crippen LogP contribution >= 0.6 is 22.6 Å². The molecule has 0 atom stereocenters. The molecule has 19 heavy (non-hydrogen) atoms. The molecule has 98 valence electrons. The van der Waals surface area contributed by atoms with Gasteiger partial charge >= 0.3 is 0 Å². The fourth-order valence-corrected chi connectivity index (χ4v) is 2.02. The fraction of sp³-hybridized carbons (Fsp3) is 0.0909. The first-order valence-corrected chi connectivity index (χ1v) is 6.32. The van der Waals surface area contributed by atoms with Crippen LogP contribution in [0.3, 0.4) is 0 Å². The van der Waals surface area contributed by atoms with E-state index in [0.29, 0.717) is 3.57 Å². The molecule has 0 bridgehead atoms. The maximum atomic E-state index is 11.9. The number of benzene rings is 1. The second kappa shape index (κ2) is 5.34. The number of nitro benzene ring substituents is 1. The third-order valence-electron chi connectivity index (χ3n) is 2.42. The van der Waals surface area contributed by atoms with Crippen LogP contribution in [0.15, 0.2) is 24.4 Å². The molecule has 0 aliphatic heterocycles. The monoisotopic (exact) mass is 372 g/mol. The predicted molar refractivity (Wildman–Crippen MR) is 77.1 cm³/mol. The molecule has 0 aliphatic rings.